The molecule has 1 fully saturated rings. The molecule has 1 saturated heterocycles. The molecule has 1 aromatic heterocycles. The Hall–Kier alpha value is -4.68. The summed E-state index contributed by atoms with van der Waals surface area (Å²) in [5.41, 5.74) is 1.18. The number of aliphatic hydroxyl groups excluding tert-OH is 1. The molecule has 0 spiro atoms. The summed E-state index contributed by atoms with van der Waals surface area (Å²) in [4.78, 5) is 28.5. The highest BCUT2D eigenvalue weighted by Crippen LogP contribution is 2.45. The number of carbonyl (C=O) groups excluding carboxylic acids is 2. The first-order chi connectivity index (χ1) is 22.4. The fourth-order valence-electron chi connectivity index (χ4n) is 4.78. The van der Waals surface area contributed by atoms with E-state index in [1.165, 1.54) is 29.8 Å². The van der Waals surface area contributed by atoms with Crippen molar-refractivity contribution in [3.05, 3.63) is 107 Å². The van der Waals surface area contributed by atoms with Crippen LogP contribution in [0, 0.1) is 5.82 Å². The molecular formula is C34H32FN3O6S2. The number of nitrogens with zero attached hydrogens (tertiary/aromatic N) is 3. The topological polar surface area (TPSA) is 111 Å². The van der Waals surface area contributed by atoms with Crippen LogP contribution in [0.5, 0.6) is 17.2 Å². The predicted molar refractivity (Wildman–Crippen MR) is 176 cm³/mol. The van der Waals surface area contributed by atoms with Crippen molar-refractivity contribution in [2.24, 2.45) is 0 Å². The van der Waals surface area contributed by atoms with E-state index in [1.54, 1.807) is 66.7 Å². The smallest absolute Gasteiger partial charge is 0.301 e. The van der Waals surface area contributed by atoms with Crippen LogP contribution in [0.15, 0.2) is 89.3 Å². The van der Waals surface area contributed by atoms with E-state index in [1.807, 2.05) is 0 Å². The normalized spacial score (nSPS) is 15.6. The van der Waals surface area contributed by atoms with Crippen LogP contribution in [0.2, 0.25) is 0 Å². The van der Waals surface area contributed by atoms with E-state index in [2.05, 4.69) is 23.7 Å². The van der Waals surface area contributed by atoms with Crippen LogP contribution >= 0.6 is 23.1 Å². The Morgan fingerprint density at radius 3 is 2.59 bits per heavy atom. The van der Waals surface area contributed by atoms with E-state index in [9.17, 15) is 19.1 Å². The Kier molecular flexibility index (Phi) is 10.7. The summed E-state index contributed by atoms with van der Waals surface area (Å²) in [5, 5.41) is 20.1. The van der Waals surface area contributed by atoms with Gasteiger partial charge in [-0.05, 0) is 60.0 Å². The molecule has 1 amide bonds. The first-order valence-electron chi connectivity index (χ1n) is 14.5. The molecule has 1 atom stereocenters. The van der Waals surface area contributed by atoms with Gasteiger partial charge in [0, 0.05) is 11.3 Å². The Bertz CT molecular complexity index is 1760. The van der Waals surface area contributed by atoms with Crippen LogP contribution in [0.3, 0.4) is 0 Å². The molecule has 1 N–H and O–H groups in total. The number of rotatable bonds is 14. The summed E-state index contributed by atoms with van der Waals surface area (Å²) in [5.74, 6) is -0.731. The first kappa shape index (κ1) is 32.7. The van der Waals surface area contributed by atoms with Crippen LogP contribution in [0.1, 0.15) is 42.5 Å². The van der Waals surface area contributed by atoms with Crippen LogP contribution in [0.25, 0.3) is 5.76 Å². The lowest BCUT2D eigenvalue weighted by Gasteiger charge is -2.23. The summed E-state index contributed by atoms with van der Waals surface area (Å²) in [6.07, 6.45) is 3.49. The molecule has 238 valence electrons. The van der Waals surface area contributed by atoms with Gasteiger partial charge in [0.05, 0.1) is 25.3 Å². The Morgan fingerprint density at radius 2 is 1.87 bits per heavy atom. The van der Waals surface area contributed by atoms with E-state index >= 15 is 0 Å². The number of anilines is 1. The minimum Gasteiger partial charge on any atom is -0.507 e. The molecule has 0 radical (unpaired) electrons. The van der Waals surface area contributed by atoms with Crippen molar-refractivity contribution in [3.63, 3.8) is 0 Å². The largest absolute Gasteiger partial charge is 0.507 e. The van der Waals surface area contributed by atoms with E-state index in [0.29, 0.717) is 50.6 Å². The molecule has 12 heteroatoms. The van der Waals surface area contributed by atoms with Crippen LogP contribution in [-0.4, -0.2) is 47.3 Å². The summed E-state index contributed by atoms with van der Waals surface area (Å²) < 4.78 is 31.7. The van der Waals surface area contributed by atoms with E-state index in [4.69, 9.17) is 14.2 Å². The summed E-state index contributed by atoms with van der Waals surface area (Å²) in [7, 11) is 1.48. The SMILES string of the molecule is C=CCOc1ccc([C@H]2C(=C(O)c3ccc(OCCCC)cc3)C(=O)C(=O)N2c2nnc(SCc3ccccc3F)s2)cc1OC. The second-order valence-corrected chi connectivity index (χ2v) is 12.3. The van der Waals surface area contributed by atoms with Gasteiger partial charge in [-0.15, -0.1) is 10.2 Å². The Balaban J connectivity index is 1.54. The number of aliphatic hydroxyl groups is 1. The molecule has 2 heterocycles. The number of thioether (sulfide) groups is 1. The summed E-state index contributed by atoms with van der Waals surface area (Å²) in [6.45, 7) is 6.54. The molecule has 1 aliphatic rings. The third-order valence-corrected chi connectivity index (χ3v) is 9.21. The van der Waals surface area contributed by atoms with E-state index < -0.39 is 17.7 Å². The fraction of sp³-hybridized carbons (Fsp3) is 0.235. The van der Waals surface area contributed by atoms with Gasteiger partial charge in [-0.3, -0.25) is 14.5 Å². The van der Waals surface area contributed by atoms with Crippen molar-refractivity contribution in [2.45, 2.75) is 35.9 Å². The maximum Gasteiger partial charge on any atom is 0.301 e. The maximum absolute atomic E-state index is 14.2. The molecule has 0 unspecified atom stereocenters. The second kappa shape index (κ2) is 15.1. The predicted octanol–water partition coefficient (Wildman–Crippen LogP) is 7.35. The average Bonchev–Trinajstić information content (AvgIpc) is 3.65. The second-order valence-electron chi connectivity index (χ2n) is 10.1. The average molecular weight is 662 g/mol. The molecule has 0 saturated carbocycles. The zero-order chi connectivity index (χ0) is 32.6. The number of methoxy groups -OCH3 is 1. The van der Waals surface area contributed by atoms with Crippen molar-refractivity contribution >= 4 is 45.7 Å². The molecule has 46 heavy (non-hydrogen) atoms. The lowest BCUT2D eigenvalue weighted by Crippen LogP contribution is -2.29. The number of Topliss-reactive ketones (excluding diaryl/α,β-unsaturated/α-hetero) is 1. The minimum absolute atomic E-state index is 0.123. The van der Waals surface area contributed by atoms with Gasteiger partial charge < -0.3 is 19.3 Å². The van der Waals surface area contributed by atoms with Crippen molar-refractivity contribution < 1.29 is 33.3 Å². The molecule has 0 aliphatic carbocycles. The van der Waals surface area contributed by atoms with Gasteiger partial charge in [0.25, 0.3) is 5.78 Å². The highest BCUT2D eigenvalue weighted by Gasteiger charge is 2.48. The highest BCUT2D eigenvalue weighted by molar-refractivity contribution is 8.00. The van der Waals surface area contributed by atoms with E-state index in [-0.39, 0.29) is 28.9 Å². The number of carbonyl (C=O) groups is 2. The number of ketones is 1. The number of halogens is 1. The molecule has 1 aliphatic heterocycles. The van der Waals surface area contributed by atoms with Crippen LogP contribution in [-0.2, 0) is 15.3 Å². The zero-order valence-corrected chi connectivity index (χ0v) is 26.9. The maximum atomic E-state index is 14.2. The third-order valence-electron chi connectivity index (χ3n) is 7.11. The number of hydrogen-bond acceptors (Lipinski definition) is 10. The van der Waals surface area contributed by atoms with Gasteiger partial charge in [0.1, 0.15) is 23.9 Å². The van der Waals surface area contributed by atoms with Gasteiger partial charge in [-0.2, -0.15) is 0 Å². The molecular weight excluding hydrogens is 630 g/mol. The standard InChI is InChI=1S/C34H32FN3O6S2/c1-4-6-18-43-24-14-11-21(12-15-24)30(39)28-29(22-13-16-26(44-17-5-2)27(19-22)42-3)38(32(41)31(28)40)33-36-37-34(46-33)45-20-23-9-7-8-10-25(23)35/h5,7-16,19,29,39H,2,4,6,17-18,20H2,1,3H3/t29-/m0/s1. The van der Waals surface area contributed by atoms with Gasteiger partial charge in [0.15, 0.2) is 15.8 Å². The summed E-state index contributed by atoms with van der Waals surface area (Å²) in [6, 6.07) is 17.0. The minimum atomic E-state index is -1.07. The third kappa shape index (κ3) is 7.08. The van der Waals surface area contributed by atoms with Gasteiger partial charge in [-0.1, -0.05) is 73.4 Å². The number of hydrogen-bond donors (Lipinski definition) is 1. The number of amides is 1. The van der Waals surface area contributed by atoms with E-state index in [0.717, 1.165) is 24.2 Å². The van der Waals surface area contributed by atoms with Crippen molar-refractivity contribution in [2.75, 3.05) is 25.2 Å². The number of unbranched alkanes of at least 4 members (excludes halogenated alkanes) is 1. The fourth-order valence-corrected chi connectivity index (χ4v) is 6.63. The quantitative estimate of drug-likeness (QED) is 0.0282. The summed E-state index contributed by atoms with van der Waals surface area (Å²) >= 11 is 2.35. The lowest BCUT2D eigenvalue weighted by atomic mass is 9.95. The molecule has 3 aromatic carbocycles. The van der Waals surface area contributed by atoms with Crippen LogP contribution in [0.4, 0.5) is 9.52 Å². The molecule has 5 rings (SSSR count). The first-order valence-corrected chi connectivity index (χ1v) is 16.3. The van der Waals surface area contributed by atoms with Crippen molar-refractivity contribution in [3.8, 4) is 17.2 Å². The van der Waals surface area contributed by atoms with Crippen molar-refractivity contribution in [1.82, 2.24) is 10.2 Å². The molecule has 9 nitrogen and oxygen atoms in total. The Morgan fingerprint density at radius 1 is 1.09 bits per heavy atom. The van der Waals surface area contributed by atoms with Crippen LogP contribution < -0.4 is 19.1 Å². The Labute approximate surface area is 274 Å². The molecule has 4 aromatic rings. The van der Waals surface area contributed by atoms with Crippen molar-refractivity contribution in [1.29, 1.82) is 0 Å². The molecule has 0 bridgehead atoms. The van der Waals surface area contributed by atoms with Gasteiger partial charge in [0.2, 0.25) is 5.13 Å². The van der Waals surface area contributed by atoms with Gasteiger partial charge in [-0.25, -0.2) is 4.39 Å². The zero-order valence-electron chi connectivity index (χ0n) is 25.3. The number of ether oxygens (including phenoxy) is 3. The highest BCUT2D eigenvalue weighted by atomic mass is 32.2. The monoisotopic (exact) mass is 661 g/mol. The number of aromatic nitrogens is 2. The van der Waals surface area contributed by atoms with Gasteiger partial charge >= 0.3 is 5.91 Å². The lowest BCUT2D eigenvalue weighted by molar-refractivity contribution is -0.132. The number of benzene rings is 3.